The molecular weight excluding hydrogens is 557 g/mol. The molecule has 1 heterocycles. The lowest BCUT2D eigenvalue weighted by Crippen LogP contribution is -2.36. The van der Waals surface area contributed by atoms with Crippen molar-refractivity contribution in [1.29, 1.82) is 0 Å². The minimum absolute atomic E-state index is 0.0161. The number of carbonyl (C=O) groups excluding carboxylic acids is 3. The second-order valence-electron chi connectivity index (χ2n) is 6.96. The number of hydrogen-bond donors (Lipinski definition) is 1. The summed E-state index contributed by atoms with van der Waals surface area (Å²) in [5.74, 6) is -0.756. The predicted molar refractivity (Wildman–Crippen MR) is 127 cm³/mol. The van der Waals surface area contributed by atoms with Crippen molar-refractivity contribution in [2.45, 2.75) is 6.18 Å². The summed E-state index contributed by atoms with van der Waals surface area (Å²) in [7, 11) is 4.13. The first-order valence-electron chi connectivity index (χ1n) is 9.70. The lowest BCUT2D eigenvalue weighted by Gasteiger charge is -2.16. The van der Waals surface area contributed by atoms with E-state index in [1.165, 1.54) is 27.4 Å². The molecule has 0 saturated carbocycles. The molecule has 3 rings (SSSR count). The van der Waals surface area contributed by atoms with Crippen LogP contribution in [0.4, 0.5) is 23.7 Å². The molecule has 1 aliphatic heterocycles. The maximum atomic E-state index is 13.0. The van der Waals surface area contributed by atoms with E-state index in [-0.39, 0.29) is 16.3 Å². The van der Waals surface area contributed by atoms with Crippen LogP contribution in [0.15, 0.2) is 39.7 Å². The Morgan fingerprint density at radius 2 is 1.71 bits per heavy atom. The van der Waals surface area contributed by atoms with E-state index in [1.807, 2.05) is 0 Å². The molecule has 2 aromatic carbocycles. The van der Waals surface area contributed by atoms with E-state index in [9.17, 15) is 27.6 Å². The Bertz CT molecular complexity index is 1220. The lowest BCUT2D eigenvalue weighted by atomic mass is 10.1. The average molecular weight is 575 g/mol. The number of anilines is 1. The fourth-order valence-corrected chi connectivity index (χ4v) is 4.44. The maximum Gasteiger partial charge on any atom is 0.416 e. The highest BCUT2D eigenvalue weighted by Gasteiger charge is 2.37. The number of halogens is 4. The minimum atomic E-state index is -4.64. The largest absolute Gasteiger partial charge is 0.496 e. The quantitative estimate of drug-likeness (QED) is 0.456. The van der Waals surface area contributed by atoms with Gasteiger partial charge in [-0.2, -0.15) is 13.2 Å². The minimum Gasteiger partial charge on any atom is -0.496 e. The van der Waals surface area contributed by atoms with E-state index in [0.29, 0.717) is 44.3 Å². The monoisotopic (exact) mass is 574 g/mol. The Kier molecular flexibility index (Phi) is 8.00. The van der Waals surface area contributed by atoms with Gasteiger partial charge in [0.15, 0.2) is 0 Å². The van der Waals surface area contributed by atoms with Gasteiger partial charge in [0.25, 0.3) is 11.1 Å². The molecule has 13 heteroatoms. The summed E-state index contributed by atoms with van der Waals surface area (Å²) in [5, 5.41) is 1.56. The molecule has 35 heavy (non-hydrogen) atoms. The van der Waals surface area contributed by atoms with Crippen LogP contribution in [0.2, 0.25) is 0 Å². The van der Waals surface area contributed by atoms with Gasteiger partial charge in [0.05, 0.1) is 42.0 Å². The summed E-state index contributed by atoms with van der Waals surface area (Å²) in [4.78, 5) is 38.5. The van der Waals surface area contributed by atoms with Gasteiger partial charge < -0.3 is 19.5 Å². The van der Waals surface area contributed by atoms with Crippen molar-refractivity contribution in [3.63, 3.8) is 0 Å². The van der Waals surface area contributed by atoms with E-state index in [2.05, 4.69) is 21.2 Å². The number of imide groups is 1. The van der Waals surface area contributed by atoms with Gasteiger partial charge in [-0.25, -0.2) is 0 Å². The lowest BCUT2D eigenvalue weighted by molar-refractivity contribution is -0.137. The molecule has 1 saturated heterocycles. The molecule has 186 valence electrons. The van der Waals surface area contributed by atoms with E-state index in [1.54, 1.807) is 12.1 Å². The van der Waals surface area contributed by atoms with E-state index in [0.717, 1.165) is 12.1 Å². The van der Waals surface area contributed by atoms with Crippen molar-refractivity contribution in [3.8, 4) is 17.2 Å². The SMILES string of the molecule is COc1cc(OC)c(/C=C2\SC(=O)N(CC(=O)Nc3cc(C(F)(F)F)ccc3OC)C2=O)cc1Br. The van der Waals surface area contributed by atoms with Crippen LogP contribution in [0.25, 0.3) is 6.08 Å². The van der Waals surface area contributed by atoms with Gasteiger partial charge in [0.1, 0.15) is 23.8 Å². The second kappa shape index (κ2) is 10.6. The summed E-state index contributed by atoms with van der Waals surface area (Å²) in [6.45, 7) is -0.704. The van der Waals surface area contributed by atoms with Crippen LogP contribution in [0.3, 0.4) is 0 Å². The molecule has 0 unspecified atom stereocenters. The van der Waals surface area contributed by atoms with Crippen LogP contribution in [0.1, 0.15) is 11.1 Å². The van der Waals surface area contributed by atoms with Crippen LogP contribution in [0, 0.1) is 0 Å². The molecule has 0 aromatic heterocycles. The number of methoxy groups -OCH3 is 3. The summed E-state index contributed by atoms with van der Waals surface area (Å²) in [6.07, 6.45) is -3.21. The number of thioether (sulfide) groups is 1. The van der Waals surface area contributed by atoms with Crippen LogP contribution in [-0.4, -0.2) is 49.8 Å². The Hall–Kier alpha value is -3.19. The summed E-state index contributed by atoms with van der Waals surface area (Å²) in [6, 6.07) is 5.80. The number of benzene rings is 2. The molecule has 2 aromatic rings. The molecule has 0 aliphatic carbocycles. The average Bonchev–Trinajstić information content (AvgIpc) is 3.05. The van der Waals surface area contributed by atoms with Gasteiger partial charge >= 0.3 is 6.18 Å². The number of carbonyl (C=O) groups is 3. The van der Waals surface area contributed by atoms with E-state index >= 15 is 0 Å². The maximum absolute atomic E-state index is 13.0. The number of nitrogens with zero attached hydrogens (tertiary/aromatic N) is 1. The molecule has 0 bridgehead atoms. The van der Waals surface area contributed by atoms with Crippen LogP contribution in [-0.2, 0) is 15.8 Å². The fourth-order valence-electron chi connectivity index (χ4n) is 3.09. The van der Waals surface area contributed by atoms with Crippen LogP contribution >= 0.6 is 27.7 Å². The molecule has 3 amide bonds. The number of rotatable bonds is 7. The van der Waals surface area contributed by atoms with E-state index < -0.39 is 35.3 Å². The van der Waals surface area contributed by atoms with Gasteiger partial charge in [0, 0.05) is 11.6 Å². The fraction of sp³-hybridized carbons (Fsp3) is 0.227. The highest BCUT2D eigenvalue weighted by Crippen LogP contribution is 2.38. The van der Waals surface area contributed by atoms with Crippen molar-refractivity contribution in [1.82, 2.24) is 4.90 Å². The van der Waals surface area contributed by atoms with Gasteiger partial charge in [-0.15, -0.1) is 0 Å². The van der Waals surface area contributed by atoms with Gasteiger partial charge in [-0.05, 0) is 58.0 Å². The van der Waals surface area contributed by atoms with Crippen LogP contribution < -0.4 is 19.5 Å². The Labute approximate surface area is 210 Å². The Balaban J connectivity index is 1.80. The highest BCUT2D eigenvalue weighted by molar-refractivity contribution is 9.10. The smallest absolute Gasteiger partial charge is 0.416 e. The summed E-state index contributed by atoms with van der Waals surface area (Å²) in [5.41, 5.74) is -0.770. The first kappa shape index (κ1) is 26.4. The predicted octanol–water partition coefficient (Wildman–Crippen LogP) is 5.17. The zero-order valence-electron chi connectivity index (χ0n) is 18.5. The Morgan fingerprint density at radius 3 is 2.31 bits per heavy atom. The summed E-state index contributed by atoms with van der Waals surface area (Å²) < 4.78 is 55.2. The summed E-state index contributed by atoms with van der Waals surface area (Å²) >= 11 is 3.96. The number of hydrogen-bond acceptors (Lipinski definition) is 7. The third-order valence-corrected chi connectivity index (χ3v) is 6.29. The molecule has 1 N–H and O–H groups in total. The first-order valence-corrected chi connectivity index (χ1v) is 11.3. The third-order valence-electron chi connectivity index (χ3n) is 4.77. The molecule has 0 atom stereocenters. The molecule has 0 spiro atoms. The molecule has 8 nitrogen and oxygen atoms in total. The van der Waals surface area contributed by atoms with Crippen LogP contribution in [0.5, 0.6) is 17.2 Å². The van der Waals surface area contributed by atoms with Crippen molar-refractivity contribution >= 4 is 56.5 Å². The van der Waals surface area contributed by atoms with Gasteiger partial charge in [-0.3, -0.25) is 19.3 Å². The number of nitrogens with one attached hydrogen (secondary N) is 1. The normalized spacial score (nSPS) is 14.9. The third kappa shape index (κ3) is 5.90. The molecule has 1 fully saturated rings. The number of ether oxygens (including phenoxy) is 3. The number of alkyl halides is 3. The zero-order valence-corrected chi connectivity index (χ0v) is 20.9. The van der Waals surface area contributed by atoms with Crippen molar-refractivity contribution in [3.05, 3.63) is 50.8 Å². The van der Waals surface area contributed by atoms with E-state index in [4.69, 9.17) is 14.2 Å². The van der Waals surface area contributed by atoms with Gasteiger partial charge in [-0.1, -0.05) is 0 Å². The highest BCUT2D eigenvalue weighted by atomic mass is 79.9. The standard InChI is InChI=1S/C22H18BrF3N2O6S/c1-32-15-5-4-12(22(24,25)26)8-14(15)27-19(29)10-28-20(30)18(35-21(28)31)7-11-6-13(23)17(34-3)9-16(11)33-2/h4-9H,10H2,1-3H3,(H,27,29)/b18-7-. The second-order valence-corrected chi connectivity index (χ2v) is 8.81. The van der Waals surface area contributed by atoms with Crippen molar-refractivity contribution in [2.24, 2.45) is 0 Å². The first-order chi connectivity index (χ1) is 16.5. The van der Waals surface area contributed by atoms with Crippen molar-refractivity contribution < 1.29 is 41.8 Å². The topological polar surface area (TPSA) is 94.2 Å². The number of amides is 3. The molecule has 0 radical (unpaired) electrons. The molecule has 1 aliphatic rings. The molecular formula is C22H18BrF3N2O6S. The van der Waals surface area contributed by atoms with Crippen molar-refractivity contribution in [2.75, 3.05) is 33.2 Å². The van der Waals surface area contributed by atoms with Gasteiger partial charge in [0.2, 0.25) is 5.91 Å². The Morgan fingerprint density at radius 1 is 1.06 bits per heavy atom. The zero-order chi connectivity index (χ0) is 25.9.